The van der Waals surface area contributed by atoms with Crippen molar-refractivity contribution in [3.05, 3.63) is 54.0 Å². The third-order valence-electron chi connectivity index (χ3n) is 3.93. The lowest BCUT2D eigenvalue weighted by molar-refractivity contribution is -0.121. The lowest BCUT2D eigenvalue weighted by Gasteiger charge is -2.20. The van der Waals surface area contributed by atoms with Gasteiger partial charge in [0.2, 0.25) is 5.91 Å². The van der Waals surface area contributed by atoms with Crippen molar-refractivity contribution in [3.8, 4) is 0 Å². The summed E-state index contributed by atoms with van der Waals surface area (Å²) in [5.74, 6) is 0.290. The molecule has 26 heavy (non-hydrogen) atoms. The predicted octanol–water partition coefficient (Wildman–Crippen LogP) is 2.19. The maximum atomic E-state index is 12.1. The maximum Gasteiger partial charge on any atom is 0.321 e. The van der Waals surface area contributed by atoms with E-state index in [1.54, 1.807) is 12.1 Å². The van der Waals surface area contributed by atoms with Crippen LogP contribution >= 0.6 is 0 Å². The number of carbonyl (C=O) groups is 2. The molecule has 1 aromatic carbocycles. The largest absolute Gasteiger partial charge is 0.467 e. The molecule has 3 amide bonds. The van der Waals surface area contributed by atoms with Crippen molar-refractivity contribution in [1.29, 1.82) is 0 Å². The fraction of sp³-hybridized carbons (Fsp3) is 0.368. The van der Waals surface area contributed by atoms with Gasteiger partial charge in [0.1, 0.15) is 5.76 Å². The molecule has 7 nitrogen and oxygen atoms in total. The van der Waals surface area contributed by atoms with Crippen LogP contribution in [0.3, 0.4) is 0 Å². The van der Waals surface area contributed by atoms with Gasteiger partial charge >= 0.3 is 6.03 Å². The Morgan fingerprint density at radius 1 is 1.12 bits per heavy atom. The Morgan fingerprint density at radius 2 is 1.85 bits per heavy atom. The molecule has 7 heteroatoms. The molecule has 140 valence electrons. The highest BCUT2D eigenvalue weighted by Gasteiger charge is 2.13. The van der Waals surface area contributed by atoms with Gasteiger partial charge in [0.15, 0.2) is 0 Å². The van der Waals surface area contributed by atoms with Crippen LogP contribution in [-0.2, 0) is 17.9 Å². The Balaban J connectivity index is 1.78. The van der Waals surface area contributed by atoms with E-state index in [0.717, 1.165) is 11.3 Å². The summed E-state index contributed by atoms with van der Waals surface area (Å²) in [6.45, 7) is 3.73. The number of nitrogens with zero attached hydrogens (tertiary/aromatic N) is 2. The normalized spacial score (nSPS) is 10.6. The fourth-order valence-electron chi connectivity index (χ4n) is 2.43. The number of hydrogen-bond donors (Lipinski definition) is 2. The summed E-state index contributed by atoms with van der Waals surface area (Å²) in [6, 6.07) is 11.2. The summed E-state index contributed by atoms with van der Waals surface area (Å²) in [7, 11) is 3.99. The molecule has 1 heterocycles. The molecule has 0 unspecified atom stereocenters. The van der Waals surface area contributed by atoms with Crippen LogP contribution in [0.4, 0.5) is 10.5 Å². The molecule has 2 N–H and O–H groups in total. The number of anilines is 1. The van der Waals surface area contributed by atoms with Crippen molar-refractivity contribution in [2.24, 2.45) is 0 Å². The van der Waals surface area contributed by atoms with Crippen molar-refractivity contribution < 1.29 is 14.0 Å². The molecule has 0 fully saturated rings. The summed E-state index contributed by atoms with van der Waals surface area (Å²) < 4.78 is 5.12. The van der Waals surface area contributed by atoms with Gasteiger partial charge in [-0.3, -0.25) is 15.0 Å². The molecule has 0 aliphatic heterocycles. The first kappa shape index (κ1) is 19.5. The number of nitrogens with one attached hydrogen (secondary N) is 2. The standard InChI is InChI=1S/C19H26N4O3/c1-4-23(13-15-7-9-16(10-8-15)22(2)3)14-18(24)21-19(25)20-12-17-6-5-11-26-17/h5-11H,4,12-14H2,1-3H3,(H2,20,21,24,25). The summed E-state index contributed by atoms with van der Waals surface area (Å²) in [6.07, 6.45) is 1.53. The number of benzene rings is 1. The fourth-order valence-corrected chi connectivity index (χ4v) is 2.43. The van der Waals surface area contributed by atoms with Crippen LogP contribution in [0, 0.1) is 0 Å². The number of hydrogen-bond acceptors (Lipinski definition) is 5. The average Bonchev–Trinajstić information content (AvgIpc) is 3.13. The van der Waals surface area contributed by atoms with Crippen molar-refractivity contribution in [3.63, 3.8) is 0 Å². The van der Waals surface area contributed by atoms with E-state index in [4.69, 9.17) is 4.42 Å². The Labute approximate surface area is 154 Å². The SMILES string of the molecule is CCN(CC(=O)NC(=O)NCc1ccco1)Cc1ccc(N(C)C)cc1. The van der Waals surface area contributed by atoms with Gasteiger partial charge in [0, 0.05) is 26.3 Å². The topological polar surface area (TPSA) is 77.8 Å². The monoisotopic (exact) mass is 358 g/mol. The first-order valence-electron chi connectivity index (χ1n) is 8.56. The van der Waals surface area contributed by atoms with E-state index in [9.17, 15) is 9.59 Å². The van der Waals surface area contributed by atoms with Crippen molar-refractivity contribution in [2.75, 3.05) is 32.1 Å². The zero-order valence-corrected chi connectivity index (χ0v) is 15.5. The van der Waals surface area contributed by atoms with Crippen LogP contribution in [-0.4, -0.2) is 44.0 Å². The average molecular weight is 358 g/mol. The Hall–Kier alpha value is -2.80. The summed E-state index contributed by atoms with van der Waals surface area (Å²) in [5.41, 5.74) is 2.25. The Morgan fingerprint density at radius 3 is 2.42 bits per heavy atom. The van der Waals surface area contributed by atoms with Crippen molar-refractivity contribution in [1.82, 2.24) is 15.5 Å². The van der Waals surface area contributed by atoms with Crippen molar-refractivity contribution >= 4 is 17.6 Å². The maximum absolute atomic E-state index is 12.1. The van der Waals surface area contributed by atoms with Crippen LogP contribution in [0.15, 0.2) is 47.1 Å². The van der Waals surface area contributed by atoms with Gasteiger partial charge in [0.05, 0.1) is 19.4 Å². The highest BCUT2D eigenvalue weighted by molar-refractivity contribution is 5.95. The lowest BCUT2D eigenvalue weighted by Crippen LogP contribution is -2.44. The minimum Gasteiger partial charge on any atom is -0.467 e. The molecule has 0 saturated carbocycles. The summed E-state index contributed by atoms with van der Waals surface area (Å²) in [4.78, 5) is 27.9. The van der Waals surface area contributed by atoms with Crippen LogP contribution in [0.5, 0.6) is 0 Å². The van der Waals surface area contributed by atoms with Gasteiger partial charge in [0.25, 0.3) is 0 Å². The molecule has 2 aromatic rings. The predicted molar refractivity (Wildman–Crippen MR) is 101 cm³/mol. The number of imide groups is 1. The van der Waals surface area contributed by atoms with E-state index in [1.807, 2.05) is 55.1 Å². The third kappa shape index (κ3) is 6.25. The molecule has 0 atom stereocenters. The first-order chi connectivity index (χ1) is 12.5. The van der Waals surface area contributed by atoms with Gasteiger partial charge in [-0.05, 0) is 36.4 Å². The van der Waals surface area contributed by atoms with E-state index in [2.05, 4.69) is 10.6 Å². The molecule has 0 spiro atoms. The molecule has 0 bridgehead atoms. The Kier molecular flexibility index (Phi) is 7.23. The van der Waals surface area contributed by atoms with Crippen molar-refractivity contribution in [2.45, 2.75) is 20.0 Å². The van der Waals surface area contributed by atoms with E-state index in [-0.39, 0.29) is 19.0 Å². The number of carbonyl (C=O) groups excluding carboxylic acids is 2. The third-order valence-corrected chi connectivity index (χ3v) is 3.93. The number of rotatable bonds is 8. The second kappa shape index (κ2) is 9.62. The second-order valence-corrected chi connectivity index (χ2v) is 6.17. The number of likely N-dealkylation sites (N-methyl/N-ethyl adjacent to an activating group) is 1. The molecule has 0 aliphatic rings. The number of furan rings is 1. The van der Waals surface area contributed by atoms with Crippen LogP contribution < -0.4 is 15.5 Å². The second-order valence-electron chi connectivity index (χ2n) is 6.17. The van der Waals surface area contributed by atoms with Gasteiger partial charge in [-0.1, -0.05) is 19.1 Å². The molecular weight excluding hydrogens is 332 g/mol. The first-order valence-corrected chi connectivity index (χ1v) is 8.56. The van der Waals surface area contributed by atoms with Gasteiger partial charge in [-0.25, -0.2) is 4.79 Å². The molecule has 0 radical (unpaired) electrons. The summed E-state index contributed by atoms with van der Waals surface area (Å²) in [5, 5.41) is 4.92. The lowest BCUT2D eigenvalue weighted by atomic mass is 10.2. The smallest absolute Gasteiger partial charge is 0.321 e. The summed E-state index contributed by atoms with van der Waals surface area (Å²) >= 11 is 0. The van der Waals surface area contributed by atoms with E-state index < -0.39 is 6.03 Å². The quantitative estimate of drug-likeness (QED) is 0.756. The van der Waals surface area contributed by atoms with Crippen LogP contribution in [0.25, 0.3) is 0 Å². The molecular formula is C19H26N4O3. The van der Waals surface area contributed by atoms with Gasteiger partial charge in [-0.2, -0.15) is 0 Å². The number of amides is 3. The molecule has 1 aromatic heterocycles. The van der Waals surface area contributed by atoms with Crippen LogP contribution in [0.2, 0.25) is 0 Å². The molecule has 2 rings (SSSR count). The molecule has 0 saturated heterocycles. The highest BCUT2D eigenvalue weighted by atomic mass is 16.3. The molecule has 0 aliphatic carbocycles. The highest BCUT2D eigenvalue weighted by Crippen LogP contribution is 2.13. The minimum atomic E-state index is -0.530. The number of urea groups is 1. The van der Waals surface area contributed by atoms with Gasteiger partial charge < -0.3 is 14.6 Å². The van der Waals surface area contributed by atoms with E-state index in [1.165, 1.54) is 6.26 Å². The zero-order chi connectivity index (χ0) is 18.9. The van der Waals surface area contributed by atoms with Crippen LogP contribution in [0.1, 0.15) is 18.2 Å². The zero-order valence-electron chi connectivity index (χ0n) is 15.5. The van der Waals surface area contributed by atoms with Gasteiger partial charge in [-0.15, -0.1) is 0 Å². The minimum absolute atomic E-state index is 0.153. The van der Waals surface area contributed by atoms with E-state index in [0.29, 0.717) is 18.8 Å². The Bertz CT molecular complexity index is 696. The van der Waals surface area contributed by atoms with E-state index >= 15 is 0 Å².